The van der Waals surface area contributed by atoms with Gasteiger partial charge in [0.1, 0.15) is 0 Å². The molecule has 0 saturated heterocycles. The smallest absolute Gasteiger partial charge is 0.243 e. The number of thioether (sulfide) groups is 1. The summed E-state index contributed by atoms with van der Waals surface area (Å²) < 4.78 is 1.86. The van der Waals surface area contributed by atoms with E-state index in [-0.39, 0.29) is 0 Å². The number of rotatable bonds is 5. The Hall–Kier alpha value is -1.23. The summed E-state index contributed by atoms with van der Waals surface area (Å²) in [5.74, 6) is 1.88. The fourth-order valence-electron chi connectivity index (χ4n) is 1.53. The lowest BCUT2D eigenvalue weighted by molar-refractivity contribution is 0.900. The van der Waals surface area contributed by atoms with Crippen LogP contribution in [0.3, 0.4) is 0 Å². The summed E-state index contributed by atoms with van der Waals surface area (Å²) in [4.78, 5) is 4.41. The first kappa shape index (κ1) is 11.3. The number of pyridine rings is 1. The predicted molar refractivity (Wildman–Crippen MR) is 69.2 cm³/mol. The molecule has 0 fully saturated rings. The second-order valence-corrected chi connectivity index (χ2v) is 4.63. The molecule has 2 aromatic heterocycles. The number of anilines is 1. The molecule has 2 rings (SSSR count). The average molecular weight is 236 g/mol. The summed E-state index contributed by atoms with van der Waals surface area (Å²) in [5.41, 5.74) is 1.99. The highest BCUT2D eigenvalue weighted by atomic mass is 32.2. The predicted octanol–water partition coefficient (Wildman–Crippen LogP) is 2.20. The summed E-state index contributed by atoms with van der Waals surface area (Å²) in [6.07, 6.45) is 3.25. The van der Waals surface area contributed by atoms with Gasteiger partial charge in [0, 0.05) is 12.2 Å². The van der Waals surface area contributed by atoms with Gasteiger partial charge in [-0.1, -0.05) is 6.07 Å². The van der Waals surface area contributed by atoms with Crippen LogP contribution in [0.1, 0.15) is 12.1 Å². The third kappa shape index (κ3) is 2.47. The molecule has 86 valence electrons. The lowest BCUT2D eigenvalue weighted by Crippen LogP contribution is -2.04. The van der Waals surface area contributed by atoms with Crippen molar-refractivity contribution in [1.82, 2.24) is 14.6 Å². The van der Waals surface area contributed by atoms with E-state index in [1.807, 2.05) is 41.4 Å². The zero-order chi connectivity index (χ0) is 11.4. The molecule has 0 aliphatic heterocycles. The van der Waals surface area contributed by atoms with E-state index < -0.39 is 0 Å². The Bertz CT molecular complexity index is 466. The van der Waals surface area contributed by atoms with Gasteiger partial charge < -0.3 is 5.32 Å². The van der Waals surface area contributed by atoms with Crippen LogP contribution in [0.15, 0.2) is 18.2 Å². The van der Waals surface area contributed by atoms with Crippen LogP contribution in [0.25, 0.3) is 5.65 Å². The number of fused-ring (bicyclic) bond motifs is 1. The maximum atomic E-state index is 4.41. The van der Waals surface area contributed by atoms with E-state index in [0.29, 0.717) is 0 Å². The fourth-order valence-corrected chi connectivity index (χ4v) is 1.96. The summed E-state index contributed by atoms with van der Waals surface area (Å²) >= 11 is 1.86. The highest BCUT2D eigenvalue weighted by molar-refractivity contribution is 7.98. The largest absolute Gasteiger partial charge is 0.353 e. The van der Waals surface area contributed by atoms with Crippen LogP contribution in [0.5, 0.6) is 0 Å². The second-order valence-electron chi connectivity index (χ2n) is 3.65. The topological polar surface area (TPSA) is 42.2 Å². The van der Waals surface area contributed by atoms with E-state index in [0.717, 1.165) is 30.3 Å². The summed E-state index contributed by atoms with van der Waals surface area (Å²) in [7, 11) is 0. The van der Waals surface area contributed by atoms with Crippen molar-refractivity contribution in [3.8, 4) is 0 Å². The summed E-state index contributed by atoms with van der Waals surface area (Å²) in [6.45, 7) is 2.95. The minimum atomic E-state index is 0.718. The Kier molecular flexibility index (Phi) is 3.66. The van der Waals surface area contributed by atoms with Gasteiger partial charge in [0.15, 0.2) is 5.65 Å². The maximum absolute atomic E-state index is 4.41. The number of aromatic nitrogens is 3. The highest BCUT2D eigenvalue weighted by Gasteiger charge is 2.03. The van der Waals surface area contributed by atoms with E-state index in [2.05, 4.69) is 21.7 Å². The molecular formula is C11H16N4S. The highest BCUT2D eigenvalue weighted by Crippen LogP contribution is 2.08. The van der Waals surface area contributed by atoms with Gasteiger partial charge >= 0.3 is 0 Å². The van der Waals surface area contributed by atoms with E-state index in [1.54, 1.807) is 0 Å². The molecule has 2 heterocycles. The Balaban J connectivity index is 2.05. The average Bonchev–Trinajstić information content (AvgIpc) is 2.69. The first-order chi connectivity index (χ1) is 7.81. The zero-order valence-corrected chi connectivity index (χ0v) is 10.4. The van der Waals surface area contributed by atoms with Crippen molar-refractivity contribution >= 4 is 23.4 Å². The molecule has 0 radical (unpaired) electrons. The Morgan fingerprint density at radius 2 is 2.31 bits per heavy atom. The van der Waals surface area contributed by atoms with Crippen LogP contribution in [-0.2, 0) is 0 Å². The molecule has 0 aromatic carbocycles. The van der Waals surface area contributed by atoms with Crippen molar-refractivity contribution in [2.24, 2.45) is 0 Å². The molecule has 16 heavy (non-hydrogen) atoms. The molecule has 0 amide bonds. The van der Waals surface area contributed by atoms with Crippen LogP contribution in [-0.4, -0.2) is 33.2 Å². The van der Waals surface area contributed by atoms with Gasteiger partial charge in [-0.15, -0.1) is 5.10 Å². The lowest BCUT2D eigenvalue weighted by atomic mass is 10.4. The van der Waals surface area contributed by atoms with Gasteiger partial charge in [-0.2, -0.15) is 16.7 Å². The second kappa shape index (κ2) is 5.21. The number of nitrogens with zero attached hydrogens (tertiary/aromatic N) is 3. The first-order valence-corrected chi connectivity index (χ1v) is 6.76. The Labute approximate surface area is 99.5 Å². The van der Waals surface area contributed by atoms with Crippen molar-refractivity contribution < 1.29 is 0 Å². The van der Waals surface area contributed by atoms with Crippen molar-refractivity contribution in [2.45, 2.75) is 13.3 Å². The molecule has 0 bridgehead atoms. The van der Waals surface area contributed by atoms with Crippen molar-refractivity contribution in [3.05, 3.63) is 23.9 Å². The van der Waals surface area contributed by atoms with Crippen molar-refractivity contribution in [1.29, 1.82) is 0 Å². The van der Waals surface area contributed by atoms with Crippen LogP contribution in [0.4, 0.5) is 5.95 Å². The van der Waals surface area contributed by atoms with Gasteiger partial charge in [-0.3, -0.25) is 0 Å². The van der Waals surface area contributed by atoms with E-state index in [4.69, 9.17) is 0 Å². The van der Waals surface area contributed by atoms with E-state index in [9.17, 15) is 0 Å². The summed E-state index contributed by atoms with van der Waals surface area (Å²) in [6, 6.07) is 5.99. The standard InChI is InChI=1S/C11H16N4S/c1-9-5-3-6-10-13-11(14-15(9)10)12-7-4-8-16-2/h3,5-6H,4,7-8H2,1-2H3,(H,12,14). The van der Waals surface area contributed by atoms with Gasteiger partial charge in [-0.25, -0.2) is 4.52 Å². The van der Waals surface area contributed by atoms with Crippen molar-refractivity contribution in [3.63, 3.8) is 0 Å². The fraction of sp³-hybridized carbons (Fsp3) is 0.455. The van der Waals surface area contributed by atoms with Gasteiger partial charge in [0.2, 0.25) is 5.95 Å². The summed E-state index contributed by atoms with van der Waals surface area (Å²) in [5, 5.41) is 7.64. The van der Waals surface area contributed by atoms with Gasteiger partial charge in [0.25, 0.3) is 0 Å². The Morgan fingerprint density at radius 1 is 1.44 bits per heavy atom. The number of aryl methyl sites for hydroxylation is 1. The van der Waals surface area contributed by atoms with E-state index in [1.165, 1.54) is 5.75 Å². The normalized spacial score (nSPS) is 10.9. The maximum Gasteiger partial charge on any atom is 0.243 e. The molecule has 0 atom stereocenters. The molecule has 0 saturated carbocycles. The van der Waals surface area contributed by atoms with Crippen LogP contribution in [0.2, 0.25) is 0 Å². The molecule has 4 nitrogen and oxygen atoms in total. The third-order valence-corrected chi connectivity index (χ3v) is 3.05. The SMILES string of the molecule is CSCCCNc1nc2cccc(C)n2n1. The van der Waals surface area contributed by atoms with Crippen molar-refractivity contribution in [2.75, 3.05) is 23.9 Å². The molecule has 0 unspecified atom stereocenters. The zero-order valence-electron chi connectivity index (χ0n) is 9.60. The Morgan fingerprint density at radius 3 is 3.06 bits per heavy atom. The lowest BCUT2D eigenvalue weighted by Gasteiger charge is -1.99. The number of nitrogens with one attached hydrogen (secondary N) is 1. The van der Waals surface area contributed by atoms with Crippen LogP contribution < -0.4 is 5.32 Å². The van der Waals surface area contributed by atoms with E-state index >= 15 is 0 Å². The monoisotopic (exact) mass is 236 g/mol. The minimum absolute atomic E-state index is 0.718. The van der Waals surface area contributed by atoms with Gasteiger partial charge in [-0.05, 0) is 37.5 Å². The van der Waals surface area contributed by atoms with Crippen LogP contribution in [0, 0.1) is 6.92 Å². The molecular weight excluding hydrogens is 220 g/mol. The quantitative estimate of drug-likeness (QED) is 0.808. The molecule has 5 heteroatoms. The molecule has 1 N–H and O–H groups in total. The molecule has 0 aliphatic rings. The van der Waals surface area contributed by atoms with Crippen LogP contribution >= 0.6 is 11.8 Å². The first-order valence-electron chi connectivity index (χ1n) is 5.36. The molecule has 0 aliphatic carbocycles. The number of hydrogen-bond acceptors (Lipinski definition) is 4. The number of hydrogen-bond donors (Lipinski definition) is 1. The molecule has 2 aromatic rings. The van der Waals surface area contributed by atoms with Gasteiger partial charge in [0.05, 0.1) is 0 Å². The third-order valence-electron chi connectivity index (χ3n) is 2.36. The molecule has 0 spiro atoms. The minimum Gasteiger partial charge on any atom is -0.353 e.